The number of amides is 1. The van der Waals surface area contributed by atoms with E-state index < -0.39 is 23.8 Å². The van der Waals surface area contributed by atoms with Crippen LogP contribution in [0.25, 0.3) is 10.8 Å². The lowest BCUT2D eigenvalue weighted by Crippen LogP contribution is -2.26. The lowest BCUT2D eigenvalue weighted by Gasteiger charge is -2.18. The molecule has 1 N–H and O–H groups in total. The van der Waals surface area contributed by atoms with Gasteiger partial charge in [0.1, 0.15) is 5.82 Å². The Bertz CT molecular complexity index is 1180. The molecule has 4 aromatic carbocycles. The van der Waals surface area contributed by atoms with Gasteiger partial charge in [-0.05, 0) is 41.1 Å². The maximum absolute atomic E-state index is 13.2. The molecule has 1 atom stereocenters. The van der Waals surface area contributed by atoms with Crippen LogP contribution in [-0.4, -0.2) is 11.9 Å². The van der Waals surface area contributed by atoms with E-state index in [0.29, 0.717) is 16.8 Å². The first-order valence-electron chi connectivity index (χ1n) is 9.42. The Hall–Kier alpha value is -3.99. The van der Waals surface area contributed by atoms with Gasteiger partial charge in [-0.15, -0.1) is 0 Å². The summed E-state index contributed by atoms with van der Waals surface area (Å²) in [5.41, 5.74) is 1.32. The second-order valence-electron chi connectivity index (χ2n) is 6.72. The van der Waals surface area contributed by atoms with E-state index in [2.05, 4.69) is 5.32 Å². The molecule has 0 saturated carbocycles. The van der Waals surface area contributed by atoms with Crippen LogP contribution in [0, 0.1) is 5.82 Å². The van der Waals surface area contributed by atoms with Gasteiger partial charge in [0, 0.05) is 11.3 Å². The average molecular weight is 399 g/mol. The molecule has 0 aliphatic heterocycles. The second-order valence-corrected chi connectivity index (χ2v) is 6.72. The van der Waals surface area contributed by atoms with Gasteiger partial charge >= 0.3 is 5.97 Å². The number of nitrogens with one attached hydrogen (secondary N) is 1. The number of halogens is 1. The lowest BCUT2D eigenvalue weighted by molar-refractivity contribution is -0.125. The van der Waals surface area contributed by atoms with Gasteiger partial charge in [0.2, 0.25) is 6.10 Å². The van der Waals surface area contributed by atoms with Crippen molar-refractivity contribution in [1.82, 2.24) is 0 Å². The third-order valence-electron chi connectivity index (χ3n) is 4.69. The zero-order chi connectivity index (χ0) is 20.9. The predicted octanol–water partition coefficient (Wildman–Crippen LogP) is 5.52. The van der Waals surface area contributed by atoms with Gasteiger partial charge in [-0.2, -0.15) is 0 Å². The van der Waals surface area contributed by atoms with Crippen LogP contribution in [0.5, 0.6) is 0 Å². The van der Waals surface area contributed by atoms with E-state index in [9.17, 15) is 14.0 Å². The smallest absolute Gasteiger partial charge is 0.339 e. The van der Waals surface area contributed by atoms with Gasteiger partial charge in [-0.1, -0.05) is 66.7 Å². The number of carbonyl (C=O) groups excluding carboxylic acids is 2. The first-order valence-corrected chi connectivity index (χ1v) is 9.42. The molecule has 0 unspecified atom stereocenters. The van der Waals surface area contributed by atoms with Crippen LogP contribution in [0.1, 0.15) is 22.0 Å². The molecule has 0 aromatic heterocycles. The molecule has 0 fully saturated rings. The molecule has 4 aromatic rings. The summed E-state index contributed by atoms with van der Waals surface area (Å²) in [5, 5.41) is 4.33. The Kier molecular flexibility index (Phi) is 5.52. The quantitative estimate of drug-likeness (QED) is 0.450. The Balaban J connectivity index is 1.63. The number of hydrogen-bond donors (Lipinski definition) is 1. The van der Waals surface area contributed by atoms with E-state index in [1.54, 1.807) is 36.4 Å². The van der Waals surface area contributed by atoms with Crippen LogP contribution in [0.4, 0.5) is 10.1 Å². The number of hydrogen-bond acceptors (Lipinski definition) is 3. The summed E-state index contributed by atoms with van der Waals surface area (Å²) in [5.74, 6) is -1.54. The van der Waals surface area contributed by atoms with E-state index in [4.69, 9.17) is 4.74 Å². The first-order chi connectivity index (χ1) is 14.6. The average Bonchev–Trinajstić information content (AvgIpc) is 2.79. The van der Waals surface area contributed by atoms with Crippen molar-refractivity contribution in [2.45, 2.75) is 6.10 Å². The van der Waals surface area contributed by atoms with Gasteiger partial charge in [-0.3, -0.25) is 4.79 Å². The lowest BCUT2D eigenvalue weighted by atomic mass is 10.0. The molecule has 0 bridgehead atoms. The fourth-order valence-corrected chi connectivity index (χ4v) is 3.22. The molecule has 148 valence electrons. The second kappa shape index (κ2) is 8.57. The summed E-state index contributed by atoms with van der Waals surface area (Å²) in [6.45, 7) is 0. The van der Waals surface area contributed by atoms with E-state index in [1.165, 1.54) is 24.3 Å². The third-order valence-corrected chi connectivity index (χ3v) is 4.69. The molecule has 1 amide bonds. The molecule has 0 aliphatic rings. The number of fused-ring (bicyclic) bond motifs is 1. The normalized spacial score (nSPS) is 11.6. The fourth-order valence-electron chi connectivity index (χ4n) is 3.22. The number of esters is 1. The number of anilines is 1. The molecule has 0 radical (unpaired) electrons. The van der Waals surface area contributed by atoms with Crippen molar-refractivity contribution in [2.75, 3.05) is 5.32 Å². The molecule has 0 heterocycles. The highest BCUT2D eigenvalue weighted by Gasteiger charge is 2.26. The Labute approximate surface area is 172 Å². The highest BCUT2D eigenvalue weighted by Crippen LogP contribution is 2.25. The van der Waals surface area contributed by atoms with Gasteiger partial charge in [0.25, 0.3) is 5.91 Å². The van der Waals surface area contributed by atoms with Crippen molar-refractivity contribution in [3.05, 3.63) is 114 Å². The van der Waals surface area contributed by atoms with Crippen molar-refractivity contribution >= 4 is 28.3 Å². The van der Waals surface area contributed by atoms with Crippen LogP contribution in [-0.2, 0) is 9.53 Å². The van der Waals surface area contributed by atoms with Crippen LogP contribution in [0.3, 0.4) is 0 Å². The van der Waals surface area contributed by atoms with E-state index in [0.717, 1.165) is 10.8 Å². The zero-order valence-electron chi connectivity index (χ0n) is 15.9. The van der Waals surface area contributed by atoms with Gasteiger partial charge < -0.3 is 10.1 Å². The van der Waals surface area contributed by atoms with Crippen LogP contribution in [0.2, 0.25) is 0 Å². The van der Waals surface area contributed by atoms with Crippen LogP contribution >= 0.6 is 0 Å². The number of ether oxygens (including phenoxy) is 1. The molecular weight excluding hydrogens is 381 g/mol. The minimum absolute atomic E-state index is 0.378. The Morgan fingerprint density at radius 1 is 0.767 bits per heavy atom. The molecule has 0 aliphatic carbocycles. The van der Waals surface area contributed by atoms with E-state index in [-0.39, 0.29) is 0 Å². The number of carbonyl (C=O) groups is 2. The summed E-state index contributed by atoms with van der Waals surface area (Å²) >= 11 is 0. The Morgan fingerprint density at radius 2 is 1.43 bits per heavy atom. The molecule has 5 heteroatoms. The largest absolute Gasteiger partial charge is 0.444 e. The zero-order valence-corrected chi connectivity index (χ0v) is 15.9. The predicted molar refractivity (Wildman–Crippen MR) is 114 cm³/mol. The van der Waals surface area contributed by atoms with Crippen molar-refractivity contribution in [1.29, 1.82) is 0 Å². The highest BCUT2D eigenvalue weighted by molar-refractivity contribution is 6.06. The molecular formula is C25H18FNO3. The number of benzene rings is 4. The third kappa shape index (κ3) is 4.20. The van der Waals surface area contributed by atoms with Gasteiger partial charge in [0.05, 0.1) is 5.56 Å². The van der Waals surface area contributed by atoms with Gasteiger partial charge in [-0.25, -0.2) is 9.18 Å². The van der Waals surface area contributed by atoms with Crippen LogP contribution in [0.15, 0.2) is 97.1 Å². The maximum Gasteiger partial charge on any atom is 0.339 e. The summed E-state index contributed by atoms with van der Waals surface area (Å²) in [7, 11) is 0. The fraction of sp³-hybridized carbons (Fsp3) is 0.0400. The topological polar surface area (TPSA) is 55.4 Å². The molecule has 0 saturated heterocycles. The SMILES string of the molecule is O=C(O[C@H](C(=O)Nc1ccc(F)cc1)c1ccccc1)c1cccc2ccccc12. The minimum Gasteiger partial charge on any atom is -0.444 e. The van der Waals surface area contributed by atoms with Crippen LogP contribution < -0.4 is 5.32 Å². The standard InChI is InChI=1S/C25H18FNO3/c26-19-13-15-20(16-14-19)27-24(28)23(18-8-2-1-3-9-18)30-25(29)22-12-6-10-17-7-4-5-11-21(17)22/h1-16,23H,(H,27,28)/t23-/m0/s1. The maximum atomic E-state index is 13.2. The van der Waals surface area contributed by atoms with Crippen molar-refractivity contribution in [2.24, 2.45) is 0 Å². The molecule has 4 rings (SSSR count). The summed E-state index contributed by atoms with van der Waals surface area (Å²) in [6, 6.07) is 27.0. The molecule has 30 heavy (non-hydrogen) atoms. The van der Waals surface area contributed by atoms with E-state index in [1.807, 2.05) is 36.4 Å². The van der Waals surface area contributed by atoms with Crippen molar-refractivity contribution in [3.8, 4) is 0 Å². The first kappa shape index (κ1) is 19.3. The summed E-state index contributed by atoms with van der Waals surface area (Å²) in [6.07, 6.45) is -1.16. The van der Waals surface area contributed by atoms with Gasteiger partial charge in [0.15, 0.2) is 0 Å². The molecule has 0 spiro atoms. The van der Waals surface area contributed by atoms with Crippen molar-refractivity contribution in [3.63, 3.8) is 0 Å². The highest BCUT2D eigenvalue weighted by atomic mass is 19.1. The van der Waals surface area contributed by atoms with E-state index >= 15 is 0 Å². The minimum atomic E-state index is -1.16. The molecule has 4 nitrogen and oxygen atoms in total. The summed E-state index contributed by atoms with van der Waals surface area (Å²) in [4.78, 5) is 25.9. The summed E-state index contributed by atoms with van der Waals surface area (Å²) < 4.78 is 18.8. The monoisotopic (exact) mass is 399 g/mol. The Morgan fingerprint density at radius 3 is 2.20 bits per heavy atom. The van der Waals surface area contributed by atoms with Crippen molar-refractivity contribution < 1.29 is 18.7 Å². The number of rotatable bonds is 5.